The molecule has 1 aromatic rings. The van der Waals surface area contributed by atoms with Gasteiger partial charge in [-0.3, -0.25) is 4.90 Å². The highest BCUT2D eigenvalue weighted by atomic mass is 35.5. The molecule has 15 heavy (non-hydrogen) atoms. The van der Waals surface area contributed by atoms with Gasteiger partial charge in [0.05, 0.1) is 0 Å². The number of hydrogen-bond acceptors (Lipinski definition) is 3. The van der Waals surface area contributed by atoms with E-state index in [4.69, 9.17) is 5.73 Å². The van der Waals surface area contributed by atoms with Crippen LogP contribution in [0.3, 0.4) is 0 Å². The van der Waals surface area contributed by atoms with Crippen LogP contribution in [-0.4, -0.2) is 22.0 Å². The SMILES string of the molecule is CC1(C)CCN1Cc1ccc(N)nc1.Cl. The second-order valence-corrected chi connectivity index (χ2v) is 4.58. The van der Waals surface area contributed by atoms with Gasteiger partial charge >= 0.3 is 0 Å². The molecule has 0 amide bonds. The van der Waals surface area contributed by atoms with Crippen molar-refractivity contribution in [3.8, 4) is 0 Å². The molecule has 0 unspecified atom stereocenters. The summed E-state index contributed by atoms with van der Waals surface area (Å²) in [6.45, 7) is 6.74. The van der Waals surface area contributed by atoms with E-state index in [1.54, 1.807) is 0 Å². The zero-order chi connectivity index (χ0) is 10.2. The molecule has 0 bridgehead atoms. The van der Waals surface area contributed by atoms with E-state index in [9.17, 15) is 0 Å². The molecule has 0 aromatic carbocycles. The van der Waals surface area contributed by atoms with E-state index in [2.05, 4.69) is 29.8 Å². The molecule has 1 fully saturated rings. The lowest BCUT2D eigenvalue weighted by atomic mass is 9.88. The highest BCUT2D eigenvalue weighted by Crippen LogP contribution is 2.30. The topological polar surface area (TPSA) is 42.1 Å². The van der Waals surface area contributed by atoms with Crippen LogP contribution in [0, 0.1) is 0 Å². The summed E-state index contributed by atoms with van der Waals surface area (Å²) in [5, 5.41) is 0. The fraction of sp³-hybridized carbons (Fsp3) is 0.545. The molecule has 2 N–H and O–H groups in total. The lowest BCUT2D eigenvalue weighted by molar-refractivity contribution is 0.00787. The maximum atomic E-state index is 5.53. The minimum absolute atomic E-state index is 0. The summed E-state index contributed by atoms with van der Waals surface area (Å²) >= 11 is 0. The third-order valence-corrected chi connectivity index (χ3v) is 3.07. The smallest absolute Gasteiger partial charge is 0.123 e. The number of halogens is 1. The molecule has 1 aliphatic heterocycles. The Morgan fingerprint density at radius 2 is 2.20 bits per heavy atom. The van der Waals surface area contributed by atoms with Gasteiger partial charge in [0.2, 0.25) is 0 Å². The first-order chi connectivity index (χ1) is 6.58. The van der Waals surface area contributed by atoms with Crippen molar-refractivity contribution < 1.29 is 0 Å². The van der Waals surface area contributed by atoms with E-state index in [0.717, 1.165) is 6.54 Å². The minimum atomic E-state index is 0. The first-order valence-electron chi connectivity index (χ1n) is 5.03. The average Bonchev–Trinajstić information content (AvgIpc) is 2.15. The predicted molar refractivity (Wildman–Crippen MR) is 65.0 cm³/mol. The van der Waals surface area contributed by atoms with Gasteiger partial charge in [0.1, 0.15) is 5.82 Å². The minimum Gasteiger partial charge on any atom is -0.384 e. The average molecular weight is 228 g/mol. The summed E-state index contributed by atoms with van der Waals surface area (Å²) in [5.74, 6) is 0.594. The fourth-order valence-electron chi connectivity index (χ4n) is 1.76. The third kappa shape index (κ3) is 2.61. The number of aromatic nitrogens is 1. The second-order valence-electron chi connectivity index (χ2n) is 4.58. The zero-order valence-electron chi connectivity index (χ0n) is 9.23. The van der Waals surface area contributed by atoms with Gasteiger partial charge in [-0.1, -0.05) is 6.07 Å². The summed E-state index contributed by atoms with van der Waals surface area (Å²) < 4.78 is 0. The van der Waals surface area contributed by atoms with E-state index in [1.165, 1.54) is 18.5 Å². The van der Waals surface area contributed by atoms with Gasteiger partial charge in [0.15, 0.2) is 0 Å². The molecule has 84 valence electrons. The number of nitrogens with zero attached hydrogens (tertiary/aromatic N) is 2. The third-order valence-electron chi connectivity index (χ3n) is 3.07. The van der Waals surface area contributed by atoms with Crippen LogP contribution >= 0.6 is 12.4 Å². The van der Waals surface area contributed by atoms with Crippen LogP contribution in [0.25, 0.3) is 0 Å². The quantitative estimate of drug-likeness (QED) is 0.841. The van der Waals surface area contributed by atoms with E-state index in [0.29, 0.717) is 11.4 Å². The maximum absolute atomic E-state index is 5.53. The number of likely N-dealkylation sites (tertiary alicyclic amines) is 1. The Bertz CT molecular complexity index is 321. The fourth-order valence-corrected chi connectivity index (χ4v) is 1.76. The van der Waals surface area contributed by atoms with Crippen LogP contribution in [0.2, 0.25) is 0 Å². The molecular formula is C11H18ClN3. The highest BCUT2D eigenvalue weighted by Gasteiger charge is 2.35. The number of nitrogens with two attached hydrogens (primary N) is 1. The van der Waals surface area contributed by atoms with Crippen LogP contribution in [0.4, 0.5) is 5.82 Å². The lowest BCUT2D eigenvalue weighted by Crippen LogP contribution is -2.54. The Balaban J connectivity index is 0.00000112. The van der Waals surface area contributed by atoms with E-state index in [1.807, 2.05) is 12.3 Å². The van der Waals surface area contributed by atoms with Crippen molar-refractivity contribution in [2.24, 2.45) is 0 Å². The van der Waals surface area contributed by atoms with Crippen molar-refractivity contribution in [1.82, 2.24) is 9.88 Å². The molecular weight excluding hydrogens is 210 g/mol. The Morgan fingerprint density at radius 3 is 2.60 bits per heavy atom. The molecule has 0 saturated carbocycles. The Kier molecular flexibility index (Phi) is 3.58. The van der Waals surface area contributed by atoms with Gasteiger partial charge in [-0.25, -0.2) is 4.98 Å². The monoisotopic (exact) mass is 227 g/mol. The summed E-state index contributed by atoms with van der Waals surface area (Å²) in [7, 11) is 0. The largest absolute Gasteiger partial charge is 0.384 e. The molecule has 0 spiro atoms. The van der Waals surface area contributed by atoms with Crippen molar-refractivity contribution in [2.75, 3.05) is 12.3 Å². The van der Waals surface area contributed by atoms with Gasteiger partial charge in [-0.2, -0.15) is 0 Å². The number of pyridine rings is 1. The summed E-state index contributed by atoms with van der Waals surface area (Å²) in [4.78, 5) is 6.55. The molecule has 1 aliphatic rings. The Labute approximate surface area is 97.1 Å². The molecule has 0 atom stereocenters. The van der Waals surface area contributed by atoms with Crippen molar-refractivity contribution >= 4 is 18.2 Å². The molecule has 4 heteroatoms. The molecule has 1 saturated heterocycles. The standard InChI is InChI=1S/C11H17N3.ClH/c1-11(2)5-6-14(11)8-9-3-4-10(12)13-7-9;/h3-4,7H,5-6,8H2,1-2H3,(H2,12,13);1H. The first-order valence-corrected chi connectivity index (χ1v) is 5.03. The van der Waals surface area contributed by atoms with Gasteiger partial charge in [0, 0.05) is 24.8 Å². The second kappa shape index (κ2) is 4.37. The molecule has 1 aromatic heterocycles. The van der Waals surface area contributed by atoms with E-state index in [-0.39, 0.29) is 12.4 Å². The van der Waals surface area contributed by atoms with Crippen molar-refractivity contribution in [2.45, 2.75) is 32.4 Å². The van der Waals surface area contributed by atoms with Crippen LogP contribution < -0.4 is 5.73 Å². The summed E-state index contributed by atoms with van der Waals surface area (Å²) in [5.41, 5.74) is 7.14. The molecule has 0 radical (unpaired) electrons. The van der Waals surface area contributed by atoms with E-state index < -0.39 is 0 Å². The molecule has 2 heterocycles. The molecule has 3 nitrogen and oxygen atoms in total. The highest BCUT2D eigenvalue weighted by molar-refractivity contribution is 5.85. The Hall–Kier alpha value is -0.800. The van der Waals surface area contributed by atoms with Crippen LogP contribution in [-0.2, 0) is 6.54 Å². The van der Waals surface area contributed by atoms with Crippen molar-refractivity contribution in [1.29, 1.82) is 0 Å². The van der Waals surface area contributed by atoms with Crippen LogP contribution in [0.15, 0.2) is 18.3 Å². The predicted octanol–water partition coefficient (Wildman–Crippen LogP) is 2.07. The number of rotatable bonds is 2. The summed E-state index contributed by atoms with van der Waals surface area (Å²) in [6.07, 6.45) is 3.15. The van der Waals surface area contributed by atoms with Crippen molar-refractivity contribution in [3.63, 3.8) is 0 Å². The number of hydrogen-bond donors (Lipinski definition) is 1. The van der Waals surface area contributed by atoms with Gasteiger partial charge in [-0.05, 0) is 31.9 Å². The van der Waals surface area contributed by atoms with Gasteiger partial charge in [0.25, 0.3) is 0 Å². The Morgan fingerprint density at radius 1 is 1.47 bits per heavy atom. The zero-order valence-corrected chi connectivity index (χ0v) is 10.0. The van der Waals surface area contributed by atoms with Crippen molar-refractivity contribution in [3.05, 3.63) is 23.9 Å². The lowest BCUT2D eigenvalue weighted by Gasteiger charge is -2.48. The first kappa shape index (κ1) is 12.3. The normalized spacial score (nSPS) is 19.1. The summed E-state index contributed by atoms with van der Waals surface area (Å²) in [6, 6.07) is 3.92. The number of nitrogen functional groups attached to an aromatic ring is 1. The number of anilines is 1. The maximum Gasteiger partial charge on any atom is 0.123 e. The van der Waals surface area contributed by atoms with Gasteiger partial charge < -0.3 is 5.73 Å². The van der Waals surface area contributed by atoms with Crippen LogP contribution in [0.5, 0.6) is 0 Å². The molecule has 2 rings (SSSR count). The van der Waals surface area contributed by atoms with Crippen LogP contribution in [0.1, 0.15) is 25.8 Å². The van der Waals surface area contributed by atoms with E-state index >= 15 is 0 Å². The van der Waals surface area contributed by atoms with Gasteiger partial charge in [-0.15, -0.1) is 12.4 Å². The molecule has 0 aliphatic carbocycles.